The first-order valence-electron chi connectivity index (χ1n) is 6.17. The number of rotatable bonds is 3. The molecule has 0 radical (unpaired) electrons. The number of hydrogen-bond acceptors (Lipinski definition) is 4. The Hall–Kier alpha value is -2.19. The molecule has 2 N–H and O–H groups in total. The number of nitrogens with one attached hydrogen (secondary N) is 2. The van der Waals surface area contributed by atoms with Crippen LogP contribution in [0, 0.1) is 12.3 Å². The molecule has 0 saturated carbocycles. The lowest BCUT2D eigenvalue weighted by Gasteiger charge is -2.28. The minimum atomic E-state index is -0.0944. The van der Waals surface area contributed by atoms with Crippen molar-refractivity contribution in [3.63, 3.8) is 0 Å². The zero-order valence-electron chi connectivity index (χ0n) is 10.4. The molecule has 2 aliphatic heterocycles. The summed E-state index contributed by atoms with van der Waals surface area (Å²) in [4.78, 5) is 11.4. The van der Waals surface area contributed by atoms with Crippen LogP contribution in [0.2, 0.25) is 0 Å². The lowest BCUT2D eigenvalue weighted by atomic mass is 10.1. The molecule has 0 aliphatic carbocycles. The smallest absolute Gasteiger partial charge is 0.229 e. The van der Waals surface area contributed by atoms with Crippen molar-refractivity contribution in [2.24, 2.45) is 0 Å². The highest BCUT2D eigenvalue weighted by molar-refractivity contribution is 6.00. The first kappa shape index (κ1) is 11.9. The number of carbonyl (C=O) groups is 1. The Morgan fingerprint density at radius 1 is 1.53 bits per heavy atom. The van der Waals surface area contributed by atoms with Gasteiger partial charge in [-0.15, -0.1) is 6.42 Å². The summed E-state index contributed by atoms with van der Waals surface area (Å²) < 4.78 is 11.6. The number of benzene rings is 1. The summed E-state index contributed by atoms with van der Waals surface area (Å²) in [5.41, 5.74) is 1.69. The molecule has 1 aromatic carbocycles. The van der Waals surface area contributed by atoms with E-state index in [0.29, 0.717) is 37.6 Å². The van der Waals surface area contributed by atoms with E-state index < -0.39 is 0 Å². The molecule has 2 aliphatic rings. The van der Waals surface area contributed by atoms with Crippen LogP contribution in [-0.4, -0.2) is 31.7 Å². The predicted octanol–water partition coefficient (Wildman–Crippen LogP) is 0.544. The zero-order valence-corrected chi connectivity index (χ0v) is 10.4. The minimum absolute atomic E-state index is 0.0143. The maximum atomic E-state index is 11.4. The van der Waals surface area contributed by atoms with E-state index in [-0.39, 0.29) is 12.0 Å². The van der Waals surface area contributed by atoms with Crippen molar-refractivity contribution in [3.8, 4) is 23.8 Å². The van der Waals surface area contributed by atoms with Crippen LogP contribution in [0.5, 0.6) is 11.5 Å². The SMILES string of the molecule is C#CCNCC1COc2ccc3c(c2O1)CC(=O)N3. The Kier molecular flexibility index (Phi) is 3.02. The summed E-state index contributed by atoms with van der Waals surface area (Å²) in [5.74, 6) is 3.87. The van der Waals surface area contributed by atoms with Gasteiger partial charge in [-0.25, -0.2) is 0 Å². The molecule has 1 atom stereocenters. The molecule has 3 rings (SSSR count). The molecule has 19 heavy (non-hydrogen) atoms. The van der Waals surface area contributed by atoms with Gasteiger partial charge in [0.05, 0.1) is 13.0 Å². The second-order valence-corrected chi connectivity index (χ2v) is 4.53. The number of amides is 1. The van der Waals surface area contributed by atoms with Crippen LogP contribution >= 0.6 is 0 Å². The third-order valence-electron chi connectivity index (χ3n) is 3.14. The first-order valence-corrected chi connectivity index (χ1v) is 6.17. The van der Waals surface area contributed by atoms with Crippen molar-refractivity contribution in [1.29, 1.82) is 0 Å². The second-order valence-electron chi connectivity index (χ2n) is 4.53. The molecule has 0 bridgehead atoms. The van der Waals surface area contributed by atoms with Gasteiger partial charge >= 0.3 is 0 Å². The Morgan fingerprint density at radius 3 is 3.26 bits per heavy atom. The van der Waals surface area contributed by atoms with E-state index in [1.54, 1.807) is 0 Å². The molecule has 0 aromatic heterocycles. The van der Waals surface area contributed by atoms with Crippen LogP contribution in [0.4, 0.5) is 5.69 Å². The van der Waals surface area contributed by atoms with E-state index in [0.717, 1.165) is 11.3 Å². The van der Waals surface area contributed by atoms with Crippen molar-refractivity contribution < 1.29 is 14.3 Å². The van der Waals surface area contributed by atoms with Gasteiger partial charge < -0.3 is 20.1 Å². The average molecular weight is 258 g/mol. The highest BCUT2D eigenvalue weighted by Gasteiger charge is 2.29. The molecule has 5 nitrogen and oxygen atoms in total. The molecule has 0 spiro atoms. The predicted molar refractivity (Wildman–Crippen MR) is 70.4 cm³/mol. The highest BCUT2D eigenvalue weighted by Crippen LogP contribution is 2.41. The van der Waals surface area contributed by atoms with Crippen molar-refractivity contribution in [2.45, 2.75) is 12.5 Å². The third kappa shape index (κ3) is 2.23. The molecule has 2 heterocycles. The zero-order chi connectivity index (χ0) is 13.2. The summed E-state index contributed by atoms with van der Waals surface area (Å²) in [7, 11) is 0. The number of ether oxygens (including phenoxy) is 2. The fourth-order valence-corrected chi connectivity index (χ4v) is 2.29. The topological polar surface area (TPSA) is 59.6 Å². The van der Waals surface area contributed by atoms with E-state index in [1.165, 1.54) is 0 Å². The van der Waals surface area contributed by atoms with Crippen molar-refractivity contribution >= 4 is 11.6 Å². The van der Waals surface area contributed by atoms with E-state index >= 15 is 0 Å². The Morgan fingerprint density at radius 2 is 2.42 bits per heavy atom. The van der Waals surface area contributed by atoms with Gasteiger partial charge in [0.2, 0.25) is 5.91 Å². The van der Waals surface area contributed by atoms with Crippen LogP contribution in [-0.2, 0) is 11.2 Å². The molecule has 1 unspecified atom stereocenters. The van der Waals surface area contributed by atoms with E-state index in [9.17, 15) is 4.79 Å². The van der Waals surface area contributed by atoms with Crippen LogP contribution in [0.25, 0.3) is 0 Å². The average Bonchev–Trinajstić information content (AvgIpc) is 2.80. The number of anilines is 1. The lowest BCUT2D eigenvalue weighted by molar-refractivity contribution is -0.115. The molecule has 0 fully saturated rings. The van der Waals surface area contributed by atoms with Crippen LogP contribution in [0.3, 0.4) is 0 Å². The molecular formula is C14H14N2O3. The lowest BCUT2D eigenvalue weighted by Crippen LogP contribution is -2.38. The molecule has 98 valence electrons. The quantitative estimate of drug-likeness (QED) is 0.614. The molecule has 1 amide bonds. The standard InChI is InChI=1S/C14H14N2O3/c1-2-5-15-7-9-8-18-12-4-3-11-10(14(12)19-9)6-13(17)16-11/h1,3-4,9,15H,5-8H2,(H,16,17). The number of fused-ring (bicyclic) bond motifs is 3. The van der Waals surface area contributed by atoms with Gasteiger partial charge in [0, 0.05) is 17.8 Å². The summed E-state index contributed by atoms with van der Waals surface area (Å²) in [6.07, 6.45) is 5.42. The monoisotopic (exact) mass is 258 g/mol. The third-order valence-corrected chi connectivity index (χ3v) is 3.14. The number of carbonyl (C=O) groups excluding carboxylic acids is 1. The van der Waals surface area contributed by atoms with Crippen molar-refractivity contribution in [1.82, 2.24) is 5.32 Å². The van der Waals surface area contributed by atoms with E-state index in [1.807, 2.05) is 12.1 Å². The summed E-state index contributed by atoms with van der Waals surface area (Å²) >= 11 is 0. The van der Waals surface area contributed by atoms with Gasteiger partial charge in [-0.05, 0) is 12.1 Å². The number of terminal acetylenes is 1. The van der Waals surface area contributed by atoms with Crippen LogP contribution in [0.15, 0.2) is 12.1 Å². The van der Waals surface area contributed by atoms with Gasteiger partial charge in [-0.1, -0.05) is 5.92 Å². The molecule has 0 saturated heterocycles. The molecular weight excluding hydrogens is 244 g/mol. The fraction of sp³-hybridized carbons (Fsp3) is 0.357. The summed E-state index contributed by atoms with van der Waals surface area (Å²) in [5, 5.41) is 5.89. The number of hydrogen-bond donors (Lipinski definition) is 2. The Labute approximate surface area is 111 Å². The first-order chi connectivity index (χ1) is 9.28. The minimum Gasteiger partial charge on any atom is -0.486 e. The van der Waals surface area contributed by atoms with Gasteiger partial charge in [0.1, 0.15) is 12.7 Å². The maximum Gasteiger partial charge on any atom is 0.229 e. The largest absolute Gasteiger partial charge is 0.486 e. The summed E-state index contributed by atoms with van der Waals surface area (Å²) in [6.45, 7) is 1.60. The van der Waals surface area contributed by atoms with Crippen LogP contribution < -0.4 is 20.1 Å². The van der Waals surface area contributed by atoms with Crippen molar-refractivity contribution in [2.75, 3.05) is 25.0 Å². The van der Waals surface area contributed by atoms with E-state index in [4.69, 9.17) is 15.9 Å². The highest BCUT2D eigenvalue weighted by atomic mass is 16.6. The fourth-order valence-electron chi connectivity index (χ4n) is 2.29. The second kappa shape index (κ2) is 4.82. The Balaban J connectivity index is 1.79. The van der Waals surface area contributed by atoms with Crippen molar-refractivity contribution in [3.05, 3.63) is 17.7 Å². The van der Waals surface area contributed by atoms with Gasteiger partial charge in [0.15, 0.2) is 11.5 Å². The Bertz CT molecular complexity index is 563. The molecule has 1 aromatic rings. The van der Waals surface area contributed by atoms with Gasteiger partial charge in [-0.2, -0.15) is 0 Å². The van der Waals surface area contributed by atoms with E-state index in [2.05, 4.69) is 16.6 Å². The normalized spacial score (nSPS) is 19.5. The van der Waals surface area contributed by atoms with Gasteiger partial charge in [0.25, 0.3) is 0 Å². The molecule has 5 heteroatoms. The van der Waals surface area contributed by atoms with Crippen LogP contribution in [0.1, 0.15) is 5.56 Å². The van der Waals surface area contributed by atoms with Gasteiger partial charge in [-0.3, -0.25) is 4.79 Å². The summed E-state index contributed by atoms with van der Waals surface area (Å²) in [6, 6.07) is 3.67. The maximum absolute atomic E-state index is 11.4.